The summed E-state index contributed by atoms with van der Waals surface area (Å²) in [5.41, 5.74) is 0.721. The van der Waals surface area contributed by atoms with Crippen LogP contribution in [0.3, 0.4) is 0 Å². The Hall–Kier alpha value is -1.75. The summed E-state index contributed by atoms with van der Waals surface area (Å²) in [4.78, 5) is 12.1. The highest BCUT2D eigenvalue weighted by Gasteiger charge is 2.26. The van der Waals surface area contributed by atoms with Crippen LogP contribution < -0.4 is 14.8 Å². The first-order chi connectivity index (χ1) is 9.69. The van der Waals surface area contributed by atoms with Gasteiger partial charge in [0.25, 0.3) is 0 Å². The molecule has 1 atom stereocenters. The van der Waals surface area contributed by atoms with E-state index in [0.29, 0.717) is 24.7 Å². The molecule has 0 aliphatic carbocycles. The van der Waals surface area contributed by atoms with Gasteiger partial charge in [-0.1, -0.05) is 19.1 Å². The van der Waals surface area contributed by atoms with E-state index in [1.165, 1.54) is 0 Å². The van der Waals surface area contributed by atoms with E-state index < -0.39 is 6.04 Å². The van der Waals surface area contributed by atoms with Crippen LogP contribution in [0.25, 0.3) is 0 Å². The summed E-state index contributed by atoms with van der Waals surface area (Å²) in [5.74, 6) is 0.835. The second kappa shape index (κ2) is 8.43. The van der Waals surface area contributed by atoms with Gasteiger partial charge in [-0.25, -0.2) is 4.79 Å². The molecule has 0 fully saturated rings. The van der Waals surface area contributed by atoms with Gasteiger partial charge in [0.05, 0.1) is 20.8 Å². The zero-order valence-corrected chi connectivity index (χ0v) is 12.6. The molecule has 1 rings (SSSR count). The van der Waals surface area contributed by atoms with Crippen LogP contribution in [0.4, 0.5) is 0 Å². The van der Waals surface area contributed by atoms with E-state index in [4.69, 9.17) is 14.2 Å². The highest BCUT2D eigenvalue weighted by molar-refractivity contribution is 5.79. The van der Waals surface area contributed by atoms with Crippen molar-refractivity contribution in [2.24, 2.45) is 0 Å². The van der Waals surface area contributed by atoms with Crippen LogP contribution in [0.1, 0.15) is 31.9 Å². The molecule has 1 aromatic carbocycles. The van der Waals surface area contributed by atoms with Crippen molar-refractivity contribution in [2.75, 3.05) is 27.4 Å². The van der Waals surface area contributed by atoms with Gasteiger partial charge >= 0.3 is 5.97 Å². The van der Waals surface area contributed by atoms with Crippen molar-refractivity contribution in [1.82, 2.24) is 5.32 Å². The predicted molar refractivity (Wildman–Crippen MR) is 77.2 cm³/mol. The first-order valence-corrected chi connectivity index (χ1v) is 6.80. The zero-order chi connectivity index (χ0) is 15.0. The minimum atomic E-state index is -0.556. The van der Waals surface area contributed by atoms with Crippen molar-refractivity contribution in [1.29, 1.82) is 0 Å². The molecule has 0 aliphatic heterocycles. The Kier molecular flexibility index (Phi) is 6.87. The van der Waals surface area contributed by atoms with Crippen LogP contribution >= 0.6 is 0 Å². The minimum Gasteiger partial charge on any atom is -0.493 e. The first-order valence-electron chi connectivity index (χ1n) is 6.80. The summed E-state index contributed by atoms with van der Waals surface area (Å²) in [7, 11) is 3.13. The highest BCUT2D eigenvalue weighted by atomic mass is 16.5. The maximum Gasteiger partial charge on any atom is 0.327 e. The number of hydrogen-bond donors (Lipinski definition) is 1. The third-order valence-electron chi connectivity index (χ3n) is 2.87. The molecule has 1 aromatic rings. The molecule has 112 valence electrons. The molecule has 5 nitrogen and oxygen atoms in total. The average molecular weight is 281 g/mol. The zero-order valence-electron chi connectivity index (χ0n) is 12.6. The van der Waals surface area contributed by atoms with Crippen molar-refractivity contribution >= 4 is 5.97 Å². The lowest BCUT2D eigenvalue weighted by atomic mass is 10.0. The average Bonchev–Trinajstić information content (AvgIpc) is 2.47. The number of benzene rings is 1. The molecule has 0 spiro atoms. The van der Waals surface area contributed by atoms with Gasteiger partial charge in [-0.15, -0.1) is 0 Å². The smallest absolute Gasteiger partial charge is 0.327 e. The lowest BCUT2D eigenvalue weighted by Gasteiger charge is -2.20. The molecule has 0 saturated carbocycles. The molecule has 1 N–H and O–H groups in total. The third kappa shape index (κ3) is 3.87. The Morgan fingerprint density at radius 3 is 2.55 bits per heavy atom. The van der Waals surface area contributed by atoms with Gasteiger partial charge in [0, 0.05) is 5.56 Å². The largest absolute Gasteiger partial charge is 0.493 e. The van der Waals surface area contributed by atoms with Crippen LogP contribution in [-0.2, 0) is 9.53 Å². The van der Waals surface area contributed by atoms with E-state index in [2.05, 4.69) is 5.32 Å². The maximum absolute atomic E-state index is 12.1. The maximum atomic E-state index is 12.1. The van der Waals surface area contributed by atoms with Gasteiger partial charge in [-0.3, -0.25) is 0 Å². The van der Waals surface area contributed by atoms with Crippen LogP contribution in [-0.4, -0.2) is 33.3 Å². The molecule has 0 heterocycles. The number of methoxy groups -OCH3 is 2. The molecule has 0 bridgehead atoms. The number of nitrogens with one attached hydrogen (secondary N) is 1. The van der Waals surface area contributed by atoms with Gasteiger partial charge < -0.3 is 19.5 Å². The summed E-state index contributed by atoms with van der Waals surface area (Å²) >= 11 is 0. The number of ether oxygens (including phenoxy) is 3. The number of carbonyl (C=O) groups excluding carboxylic acids is 1. The molecule has 1 unspecified atom stereocenters. The second-order valence-corrected chi connectivity index (χ2v) is 4.22. The molecule has 0 saturated heterocycles. The molecule has 0 aromatic heterocycles. The number of hydrogen-bond acceptors (Lipinski definition) is 5. The van der Waals surface area contributed by atoms with E-state index in [1.807, 2.05) is 19.1 Å². The number of carbonyl (C=O) groups is 1. The van der Waals surface area contributed by atoms with Gasteiger partial charge in [-0.05, 0) is 26.0 Å². The summed E-state index contributed by atoms with van der Waals surface area (Å²) in [6, 6.07) is 4.91. The van der Waals surface area contributed by atoms with Crippen molar-refractivity contribution in [2.45, 2.75) is 26.3 Å². The molecule has 20 heavy (non-hydrogen) atoms. The molecular weight excluding hydrogens is 258 g/mol. The van der Waals surface area contributed by atoms with Gasteiger partial charge in [0.15, 0.2) is 11.5 Å². The second-order valence-electron chi connectivity index (χ2n) is 4.22. The Balaban J connectivity index is 3.15. The fourth-order valence-electron chi connectivity index (χ4n) is 1.97. The number of esters is 1. The molecule has 0 aliphatic rings. The fourth-order valence-corrected chi connectivity index (χ4v) is 1.97. The SMILES string of the molecule is CCCNC(C(=O)OCC)c1cccc(OC)c1OC. The molecule has 5 heteroatoms. The Bertz CT molecular complexity index is 434. The van der Waals surface area contributed by atoms with E-state index in [-0.39, 0.29) is 5.97 Å². The Labute approximate surface area is 120 Å². The van der Waals surface area contributed by atoms with Gasteiger partial charge in [0.2, 0.25) is 0 Å². The fraction of sp³-hybridized carbons (Fsp3) is 0.533. The summed E-state index contributed by atoms with van der Waals surface area (Å²) in [5, 5.41) is 3.19. The van der Waals surface area contributed by atoms with Crippen LogP contribution in [0, 0.1) is 0 Å². The lowest BCUT2D eigenvalue weighted by Crippen LogP contribution is -2.31. The normalized spacial score (nSPS) is 11.8. The highest BCUT2D eigenvalue weighted by Crippen LogP contribution is 2.35. The van der Waals surface area contributed by atoms with Crippen LogP contribution in [0.15, 0.2) is 18.2 Å². The lowest BCUT2D eigenvalue weighted by molar-refractivity contribution is -0.145. The van der Waals surface area contributed by atoms with Gasteiger partial charge in [-0.2, -0.15) is 0 Å². The third-order valence-corrected chi connectivity index (χ3v) is 2.87. The Morgan fingerprint density at radius 1 is 1.25 bits per heavy atom. The topological polar surface area (TPSA) is 56.8 Å². The summed E-state index contributed by atoms with van der Waals surface area (Å²) < 4.78 is 15.8. The first kappa shape index (κ1) is 16.3. The quantitative estimate of drug-likeness (QED) is 0.741. The van der Waals surface area contributed by atoms with Crippen molar-refractivity contribution in [3.63, 3.8) is 0 Å². The summed E-state index contributed by atoms with van der Waals surface area (Å²) in [6.45, 7) is 4.88. The molecule has 0 amide bonds. The molecule has 0 radical (unpaired) electrons. The van der Waals surface area contributed by atoms with E-state index in [1.54, 1.807) is 27.2 Å². The summed E-state index contributed by atoms with van der Waals surface area (Å²) in [6.07, 6.45) is 0.919. The van der Waals surface area contributed by atoms with Crippen molar-refractivity contribution < 1.29 is 19.0 Å². The van der Waals surface area contributed by atoms with Gasteiger partial charge in [0.1, 0.15) is 6.04 Å². The Morgan fingerprint density at radius 2 is 2.00 bits per heavy atom. The van der Waals surface area contributed by atoms with E-state index in [9.17, 15) is 4.79 Å². The number of para-hydroxylation sites is 1. The van der Waals surface area contributed by atoms with Crippen LogP contribution in [0.2, 0.25) is 0 Å². The van der Waals surface area contributed by atoms with Crippen molar-refractivity contribution in [3.8, 4) is 11.5 Å². The van der Waals surface area contributed by atoms with Crippen LogP contribution in [0.5, 0.6) is 11.5 Å². The predicted octanol–water partition coefficient (Wildman–Crippen LogP) is 2.31. The monoisotopic (exact) mass is 281 g/mol. The minimum absolute atomic E-state index is 0.312. The standard InChI is InChI=1S/C15H23NO4/c1-5-10-16-13(15(17)20-6-2)11-8-7-9-12(18-3)14(11)19-4/h7-9,13,16H,5-6,10H2,1-4H3. The van der Waals surface area contributed by atoms with E-state index >= 15 is 0 Å². The molecular formula is C15H23NO4. The number of rotatable bonds is 8. The van der Waals surface area contributed by atoms with E-state index in [0.717, 1.165) is 12.0 Å². The van der Waals surface area contributed by atoms with Crippen molar-refractivity contribution in [3.05, 3.63) is 23.8 Å².